The Balaban J connectivity index is 2.20. The van der Waals surface area contributed by atoms with E-state index in [4.69, 9.17) is 5.73 Å². The van der Waals surface area contributed by atoms with Gasteiger partial charge in [-0.25, -0.2) is 4.39 Å². The first kappa shape index (κ1) is 16.3. The summed E-state index contributed by atoms with van der Waals surface area (Å²) >= 11 is 1.82. The van der Waals surface area contributed by atoms with Gasteiger partial charge in [0, 0.05) is 18.8 Å². The van der Waals surface area contributed by atoms with Crippen molar-refractivity contribution >= 4 is 17.7 Å². The number of nitrogens with zero attached hydrogens (tertiary/aromatic N) is 1. The fourth-order valence-electron chi connectivity index (χ4n) is 2.62. The number of benzene rings is 1. The summed E-state index contributed by atoms with van der Waals surface area (Å²) in [5, 5.41) is 2.82. The van der Waals surface area contributed by atoms with Crippen LogP contribution in [0.1, 0.15) is 21.5 Å². The first-order chi connectivity index (χ1) is 9.87. The highest BCUT2D eigenvalue weighted by atomic mass is 32.2. The molecule has 0 saturated carbocycles. The molecule has 116 valence electrons. The Labute approximate surface area is 129 Å². The lowest BCUT2D eigenvalue weighted by molar-refractivity contribution is 0.0959. The van der Waals surface area contributed by atoms with E-state index in [1.807, 2.05) is 31.9 Å². The highest BCUT2D eigenvalue weighted by molar-refractivity contribution is 8.08. The van der Waals surface area contributed by atoms with Crippen LogP contribution < -0.4 is 11.1 Å². The summed E-state index contributed by atoms with van der Waals surface area (Å²) in [6.07, 6.45) is 0.761. The van der Waals surface area contributed by atoms with Crippen LogP contribution >= 0.6 is 11.8 Å². The zero-order chi connectivity index (χ0) is 15.8. The van der Waals surface area contributed by atoms with E-state index in [9.17, 15) is 9.18 Å². The van der Waals surface area contributed by atoms with E-state index in [2.05, 4.69) is 10.2 Å². The molecule has 4 nitrogen and oxygen atoms in total. The zero-order valence-corrected chi connectivity index (χ0v) is 13.7. The molecule has 0 spiro atoms. The normalized spacial score (nSPS) is 24.2. The third-order valence-corrected chi connectivity index (χ3v) is 6.03. The van der Waals surface area contributed by atoms with Gasteiger partial charge in [0.25, 0.3) is 5.91 Å². The molecule has 6 heteroatoms. The molecule has 1 aromatic rings. The highest BCUT2D eigenvalue weighted by Gasteiger charge is 2.56. The lowest BCUT2D eigenvalue weighted by Crippen LogP contribution is -2.40. The topological polar surface area (TPSA) is 58.4 Å². The molecule has 1 heterocycles. The van der Waals surface area contributed by atoms with E-state index in [1.165, 1.54) is 7.05 Å². The number of nitrogens with two attached hydrogens (primary N) is 1. The van der Waals surface area contributed by atoms with Crippen molar-refractivity contribution in [1.29, 1.82) is 0 Å². The summed E-state index contributed by atoms with van der Waals surface area (Å²) in [5.41, 5.74) is 7.46. The van der Waals surface area contributed by atoms with Crippen molar-refractivity contribution in [3.8, 4) is 0 Å². The summed E-state index contributed by atoms with van der Waals surface area (Å²) < 4.78 is 14.3. The molecule has 0 bridgehead atoms. The second-order valence-corrected chi connectivity index (χ2v) is 7.06. The number of hydrogen-bond donors (Lipinski definition) is 2. The number of rotatable bonds is 5. The van der Waals surface area contributed by atoms with E-state index in [0.717, 1.165) is 12.0 Å². The Kier molecular flexibility index (Phi) is 4.60. The second-order valence-electron chi connectivity index (χ2n) is 5.54. The fraction of sp³-hybridized carbons (Fsp3) is 0.533. The Hall–Kier alpha value is -1.11. The van der Waals surface area contributed by atoms with Gasteiger partial charge >= 0.3 is 0 Å². The van der Waals surface area contributed by atoms with E-state index < -0.39 is 11.7 Å². The molecule has 1 aliphatic heterocycles. The average Bonchev–Trinajstić information content (AvgIpc) is 3.18. The van der Waals surface area contributed by atoms with Gasteiger partial charge in [0.05, 0.1) is 10.4 Å². The van der Waals surface area contributed by atoms with Crippen LogP contribution in [0.25, 0.3) is 0 Å². The van der Waals surface area contributed by atoms with Crippen molar-refractivity contribution in [2.24, 2.45) is 5.73 Å². The molecule has 0 aliphatic carbocycles. The largest absolute Gasteiger partial charge is 0.355 e. The van der Waals surface area contributed by atoms with Crippen LogP contribution in [0.3, 0.4) is 0 Å². The van der Waals surface area contributed by atoms with Gasteiger partial charge in [-0.05, 0) is 44.6 Å². The Morgan fingerprint density at radius 3 is 2.67 bits per heavy atom. The quantitative estimate of drug-likeness (QED) is 0.807. The maximum Gasteiger partial charge on any atom is 0.254 e. The number of carbonyl (C=O) groups is 1. The van der Waals surface area contributed by atoms with Crippen LogP contribution in [-0.2, 0) is 6.42 Å². The van der Waals surface area contributed by atoms with Gasteiger partial charge in [-0.3, -0.25) is 9.69 Å². The monoisotopic (exact) mass is 311 g/mol. The van der Waals surface area contributed by atoms with Gasteiger partial charge in [-0.15, -0.1) is 11.8 Å². The summed E-state index contributed by atoms with van der Waals surface area (Å²) in [5.74, 6) is -0.826. The van der Waals surface area contributed by atoms with Gasteiger partial charge in [0.15, 0.2) is 0 Å². The average molecular weight is 311 g/mol. The van der Waals surface area contributed by atoms with Crippen molar-refractivity contribution in [1.82, 2.24) is 10.2 Å². The fourth-order valence-corrected chi connectivity index (χ4v) is 4.01. The molecule has 1 fully saturated rings. The first-order valence-corrected chi connectivity index (χ1v) is 7.80. The molecule has 3 N–H and O–H groups in total. The predicted molar refractivity (Wildman–Crippen MR) is 85.1 cm³/mol. The first-order valence-electron chi connectivity index (χ1n) is 6.92. The lowest BCUT2D eigenvalue weighted by Gasteiger charge is -2.22. The van der Waals surface area contributed by atoms with Crippen LogP contribution in [0, 0.1) is 12.7 Å². The number of nitrogens with one attached hydrogen (secondary N) is 1. The Morgan fingerprint density at radius 1 is 1.52 bits per heavy atom. The molecular weight excluding hydrogens is 289 g/mol. The molecular formula is C15H22FN3OS. The van der Waals surface area contributed by atoms with Crippen molar-refractivity contribution in [3.63, 3.8) is 0 Å². The van der Waals surface area contributed by atoms with Crippen LogP contribution in [0.4, 0.5) is 4.39 Å². The van der Waals surface area contributed by atoms with Crippen molar-refractivity contribution in [2.75, 3.05) is 27.7 Å². The number of halogens is 1. The third-order valence-electron chi connectivity index (χ3n) is 4.22. The van der Waals surface area contributed by atoms with Crippen LogP contribution in [0.2, 0.25) is 0 Å². The molecule has 1 aliphatic rings. The molecule has 2 rings (SSSR count). The van der Waals surface area contributed by atoms with Crippen molar-refractivity contribution in [2.45, 2.75) is 23.5 Å². The van der Waals surface area contributed by atoms with Gasteiger partial charge in [0.2, 0.25) is 0 Å². The molecule has 0 radical (unpaired) electrons. The Bertz CT molecular complexity index is 564. The number of likely N-dealkylation sites (N-methyl/N-ethyl adjacent to an activating group) is 1. The molecule has 1 aromatic carbocycles. The van der Waals surface area contributed by atoms with Gasteiger partial charge < -0.3 is 11.1 Å². The second kappa shape index (κ2) is 5.94. The van der Waals surface area contributed by atoms with E-state index in [0.29, 0.717) is 17.4 Å². The van der Waals surface area contributed by atoms with E-state index in [-0.39, 0.29) is 10.4 Å². The molecule has 21 heavy (non-hydrogen) atoms. The number of hydrogen-bond acceptors (Lipinski definition) is 4. The maximum atomic E-state index is 14.3. The van der Waals surface area contributed by atoms with Crippen LogP contribution in [0.5, 0.6) is 0 Å². The van der Waals surface area contributed by atoms with Gasteiger partial charge in [-0.2, -0.15) is 0 Å². The molecule has 2 atom stereocenters. The smallest absolute Gasteiger partial charge is 0.254 e. The maximum absolute atomic E-state index is 14.3. The molecule has 1 unspecified atom stereocenters. The van der Waals surface area contributed by atoms with Gasteiger partial charge in [-0.1, -0.05) is 6.07 Å². The lowest BCUT2D eigenvalue weighted by atomic mass is 9.97. The van der Waals surface area contributed by atoms with E-state index in [1.54, 1.807) is 13.0 Å². The summed E-state index contributed by atoms with van der Waals surface area (Å²) in [6, 6.07) is 3.40. The minimum absolute atomic E-state index is 0.0393. The zero-order valence-electron chi connectivity index (χ0n) is 12.9. The predicted octanol–water partition coefficient (Wildman–Crippen LogP) is 1.37. The number of thioether (sulfide) groups is 1. The molecule has 1 saturated heterocycles. The van der Waals surface area contributed by atoms with Crippen LogP contribution in [-0.4, -0.2) is 48.6 Å². The SMILES string of the molecule is CNC(=O)c1ccc(CC2S[C@@]2(CN)N(C)C)c(C)c1F. The van der Waals surface area contributed by atoms with Crippen molar-refractivity contribution in [3.05, 3.63) is 34.6 Å². The van der Waals surface area contributed by atoms with Crippen LogP contribution in [0.15, 0.2) is 12.1 Å². The number of amides is 1. The minimum atomic E-state index is -0.430. The summed E-state index contributed by atoms with van der Waals surface area (Å²) in [6.45, 7) is 2.30. The standard InChI is InChI=1S/C15H22FN3OS/c1-9-10(5-6-11(13(9)16)14(20)18-2)7-12-15(8-17,21-12)19(3)4/h5-6,12H,7-8,17H2,1-4H3,(H,18,20)/t12?,15-/m1/s1. The van der Waals surface area contributed by atoms with E-state index >= 15 is 0 Å². The molecule has 1 amide bonds. The summed E-state index contributed by atoms with van der Waals surface area (Å²) in [7, 11) is 5.53. The number of carbonyl (C=O) groups excluding carboxylic acids is 1. The third kappa shape index (κ3) is 2.80. The van der Waals surface area contributed by atoms with Crippen molar-refractivity contribution < 1.29 is 9.18 Å². The minimum Gasteiger partial charge on any atom is -0.355 e. The Morgan fingerprint density at radius 2 is 2.19 bits per heavy atom. The highest BCUT2D eigenvalue weighted by Crippen LogP contribution is 2.55. The van der Waals surface area contributed by atoms with Gasteiger partial charge in [0.1, 0.15) is 5.82 Å². The molecule has 0 aromatic heterocycles. The summed E-state index contributed by atoms with van der Waals surface area (Å²) in [4.78, 5) is 13.7.